The van der Waals surface area contributed by atoms with E-state index < -0.39 is 6.04 Å². The van der Waals surface area contributed by atoms with Crippen molar-refractivity contribution in [2.24, 2.45) is 11.7 Å². The first-order valence-corrected chi connectivity index (χ1v) is 12.1. The van der Waals surface area contributed by atoms with Crippen molar-refractivity contribution < 1.29 is 14.3 Å². The summed E-state index contributed by atoms with van der Waals surface area (Å²) in [5, 5.41) is 5.80. The molecule has 1 aromatic heterocycles. The fraction of sp³-hybridized carbons (Fsp3) is 0.360. The number of para-hydroxylation sites is 1. The average Bonchev–Trinajstić information content (AvgIpc) is 3.23. The van der Waals surface area contributed by atoms with Crippen LogP contribution in [0.4, 0.5) is 0 Å². The van der Waals surface area contributed by atoms with Gasteiger partial charge in [-0.2, -0.15) is 9.78 Å². The summed E-state index contributed by atoms with van der Waals surface area (Å²) in [4.78, 5) is 15.4. The number of ether oxygens (including phenoxy) is 2. The number of aromatic nitrogens is 2. The monoisotopic (exact) mass is 502 g/mol. The number of morpholine rings is 1. The SMILES string of the molecule is CCC(C)C(N)c1c(C(=O)N2CCOCC2)nn(-c2ccccc2Cl)c1Oc1ccc(Cl)cc1. The Kier molecular flexibility index (Phi) is 7.78. The molecule has 0 aliphatic carbocycles. The van der Waals surface area contributed by atoms with Crippen LogP contribution in [0.25, 0.3) is 5.69 Å². The fourth-order valence-corrected chi connectivity index (χ4v) is 4.17. The Hall–Kier alpha value is -2.58. The lowest BCUT2D eigenvalue weighted by atomic mass is 9.92. The van der Waals surface area contributed by atoms with Crippen LogP contribution in [0, 0.1) is 5.92 Å². The molecular formula is C25H28Cl2N4O3. The van der Waals surface area contributed by atoms with Crippen LogP contribution in [0.1, 0.15) is 42.4 Å². The van der Waals surface area contributed by atoms with E-state index in [-0.39, 0.29) is 17.5 Å². The molecule has 0 radical (unpaired) electrons. The van der Waals surface area contributed by atoms with Gasteiger partial charge in [0.05, 0.1) is 29.5 Å². The first-order valence-electron chi connectivity index (χ1n) is 11.3. The zero-order valence-corrected chi connectivity index (χ0v) is 20.7. The molecule has 1 aliphatic rings. The third-order valence-electron chi connectivity index (χ3n) is 6.08. The molecule has 2 aromatic carbocycles. The number of hydrogen-bond acceptors (Lipinski definition) is 5. The van der Waals surface area contributed by atoms with Crippen molar-refractivity contribution in [3.05, 3.63) is 69.8 Å². The number of nitrogens with two attached hydrogens (primary N) is 1. The van der Waals surface area contributed by atoms with Gasteiger partial charge in [0, 0.05) is 24.2 Å². The predicted octanol–water partition coefficient (Wildman–Crippen LogP) is 5.49. The summed E-state index contributed by atoms with van der Waals surface area (Å²) < 4.78 is 13.3. The van der Waals surface area contributed by atoms with E-state index in [2.05, 4.69) is 6.92 Å². The summed E-state index contributed by atoms with van der Waals surface area (Å²) in [6.45, 7) is 6.06. The zero-order valence-electron chi connectivity index (χ0n) is 19.2. The number of rotatable bonds is 7. The molecule has 0 saturated carbocycles. The molecule has 0 bridgehead atoms. The summed E-state index contributed by atoms with van der Waals surface area (Å²) in [6, 6.07) is 13.8. The van der Waals surface area contributed by atoms with Gasteiger partial charge in [-0.05, 0) is 42.3 Å². The number of hydrogen-bond donors (Lipinski definition) is 1. The Morgan fingerprint density at radius 2 is 1.82 bits per heavy atom. The molecule has 2 heterocycles. The normalized spacial score (nSPS) is 15.7. The number of amides is 1. The van der Waals surface area contributed by atoms with Crippen molar-refractivity contribution in [2.75, 3.05) is 26.3 Å². The molecule has 9 heteroatoms. The molecule has 1 aliphatic heterocycles. The highest BCUT2D eigenvalue weighted by atomic mass is 35.5. The van der Waals surface area contributed by atoms with Crippen molar-refractivity contribution in [2.45, 2.75) is 26.3 Å². The van der Waals surface area contributed by atoms with Crippen molar-refractivity contribution in [3.63, 3.8) is 0 Å². The fourth-order valence-electron chi connectivity index (χ4n) is 3.83. The Bertz CT molecular complexity index is 1140. The summed E-state index contributed by atoms with van der Waals surface area (Å²) in [7, 11) is 0. The van der Waals surface area contributed by atoms with Crippen LogP contribution >= 0.6 is 23.2 Å². The molecular weight excluding hydrogens is 475 g/mol. The summed E-state index contributed by atoms with van der Waals surface area (Å²) >= 11 is 12.6. The van der Waals surface area contributed by atoms with Crippen molar-refractivity contribution in [1.82, 2.24) is 14.7 Å². The lowest BCUT2D eigenvalue weighted by Crippen LogP contribution is -2.41. The lowest BCUT2D eigenvalue weighted by Gasteiger charge is -2.27. The van der Waals surface area contributed by atoms with Crippen LogP contribution in [0.2, 0.25) is 10.0 Å². The quantitative estimate of drug-likeness (QED) is 0.461. The maximum absolute atomic E-state index is 13.6. The Morgan fingerprint density at radius 3 is 2.47 bits per heavy atom. The van der Waals surface area contributed by atoms with Gasteiger partial charge in [0.25, 0.3) is 5.91 Å². The maximum atomic E-state index is 13.6. The van der Waals surface area contributed by atoms with E-state index in [1.807, 2.05) is 25.1 Å². The second kappa shape index (κ2) is 10.8. The molecule has 2 N–H and O–H groups in total. The van der Waals surface area contributed by atoms with Gasteiger partial charge < -0.3 is 20.1 Å². The number of nitrogens with zero attached hydrogens (tertiary/aromatic N) is 3. The minimum atomic E-state index is -0.483. The van der Waals surface area contributed by atoms with Crippen LogP contribution in [-0.2, 0) is 4.74 Å². The Labute approximate surface area is 209 Å². The molecule has 1 amide bonds. The summed E-state index contributed by atoms with van der Waals surface area (Å²) in [6.07, 6.45) is 0.823. The number of carbonyl (C=O) groups excluding carboxylic acids is 1. The predicted molar refractivity (Wildman–Crippen MR) is 133 cm³/mol. The molecule has 3 aromatic rings. The lowest BCUT2D eigenvalue weighted by molar-refractivity contribution is 0.0297. The molecule has 7 nitrogen and oxygen atoms in total. The van der Waals surface area contributed by atoms with Crippen LogP contribution < -0.4 is 10.5 Å². The van der Waals surface area contributed by atoms with Crippen LogP contribution in [0.3, 0.4) is 0 Å². The summed E-state index contributed by atoms with van der Waals surface area (Å²) in [5.41, 5.74) is 8.15. The second-order valence-electron chi connectivity index (χ2n) is 8.30. The number of carbonyl (C=O) groups is 1. The number of halogens is 2. The Balaban J connectivity index is 1.92. The van der Waals surface area contributed by atoms with Gasteiger partial charge >= 0.3 is 0 Å². The van der Waals surface area contributed by atoms with Gasteiger partial charge in [-0.1, -0.05) is 55.6 Å². The van der Waals surface area contributed by atoms with Crippen molar-refractivity contribution in [1.29, 1.82) is 0 Å². The molecule has 2 atom stereocenters. The average molecular weight is 503 g/mol. The third-order valence-corrected chi connectivity index (χ3v) is 6.65. The van der Waals surface area contributed by atoms with E-state index in [4.69, 9.17) is 43.5 Å². The van der Waals surface area contributed by atoms with Gasteiger partial charge in [-0.3, -0.25) is 4.79 Å². The minimum absolute atomic E-state index is 0.0766. The van der Waals surface area contributed by atoms with Gasteiger partial charge in [-0.25, -0.2) is 0 Å². The van der Waals surface area contributed by atoms with Crippen LogP contribution in [-0.4, -0.2) is 46.9 Å². The first-order chi connectivity index (χ1) is 16.4. The molecule has 4 rings (SSSR count). The second-order valence-corrected chi connectivity index (χ2v) is 9.15. The van der Waals surface area contributed by atoms with E-state index in [9.17, 15) is 4.79 Å². The van der Waals surface area contributed by atoms with Gasteiger partial charge in [0.2, 0.25) is 5.88 Å². The highest BCUT2D eigenvalue weighted by molar-refractivity contribution is 6.32. The smallest absolute Gasteiger partial charge is 0.275 e. The van der Waals surface area contributed by atoms with E-state index in [0.717, 1.165) is 6.42 Å². The third kappa shape index (κ3) is 5.08. The minimum Gasteiger partial charge on any atom is -0.439 e. The molecule has 2 unspecified atom stereocenters. The topological polar surface area (TPSA) is 82.6 Å². The molecule has 180 valence electrons. The van der Waals surface area contributed by atoms with E-state index in [1.165, 1.54) is 0 Å². The highest BCUT2D eigenvalue weighted by Crippen LogP contribution is 2.39. The van der Waals surface area contributed by atoms with E-state index >= 15 is 0 Å². The Morgan fingerprint density at radius 1 is 1.15 bits per heavy atom. The van der Waals surface area contributed by atoms with Gasteiger partial charge in [0.1, 0.15) is 5.75 Å². The van der Waals surface area contributed by atoms with Crippen LogP contribution in [0.5, 0.6) is 11.6 Å². The van der Waals surface area contributed by atoms with Gasteiger partial charge in [0.15, 0.2) is 5.69 Å². The molecule has 0 spiro atoms. The first kappa shape index (κ1) is 24.5. The van der Waals surface area contributed by atoms with E-state index in [1.54, 1.807) is 39.9 Å². The highest BCUT2D eigenvalue weighted by Gasteiger charge is 2.34. The molecule has 1 saturated heterocycles. The molecule has 34 heavy (non-hydrogen) atoms. The summed E-state index contributed by atoms with van der Waals surface area (Å²) in [5.74, 6) is 0.775. The largest absolute Gasteiger partial charge is 0.439 e. The maximum Gasteiger partial charge on any atom is 0.275 e. The van der Waals surface area contributed by atoms with Crippen molar-refractivity contribution in [3.8, 4) is 17.3 Å². The standard InChI is InChI=1S/C25H28Cl2N4O3/c1-3-16(2)22(28)21-23(24(32)30-12-14-33-15-13-30)29-31(20-7-5-4-6-19(20)27)25(21)34-18-10-8-17(26)9-11-18/h4-11,16,22H,3,12-15,28H2,1-2H3. The van der Waals surface area contributed by atoms with Crippen molar-refractivity contribution >= 4 is 29.1 Å². The van der Waals surface area contributed by atoms with Gasteiger partial charge in [-0.15, -0.1) is 0 Å². The zero-order chi connectivity index (χ0) is 24.2. The van der Waals surface area contributed by atoms with E-state index in [0.29, 0.717) is 59.2 Å². The molecule has 1 fully saturated rings. The number of benzene rings is 2. The van der Waals surface area contributed by atoms with Crippen LogP contribution in [0.15, 0.2) is 48.5 Å².